The molecule has 0 saturated carbocycles. The molecule has 6 heteroatoms. The van der Waals surface area contributed by atoms with Crippen molar-refractivity contribution in [3.05, 3.63) is 48.5 Å². The summed E-state index contributed by atoms with van der Waals surface area (Å²) in [4.78, 5) is 18.8. The molecule has 1 aromatic heterocycles. The van der Waals surface area contributed by atoms with Crippen LogP contribution in [0.1, 0.15) is 6.92 Å². The summed E-state index contributed by atoms with van der Waals surface area (Å²) in [5.74, 6) is 0.584. The highest BCUT2D eigenvalue weighted by atomic mass is 32.1. The van der Waals surface area contributed by atoms with Crippen molar-refractivity contribution in [1.82, 2.24) is 15.3 Å². The molecule has 110 valence electrons. The van der Waals surface area contributed by atoms with Crippen molar-refractivity contribution in [1.29, 1.82) is 0 Å². The topological polar surface area (TPSA) is 69.8 Å². The molecule has 1 amide bonds. The first-order valence-electron chi connectivity index (χ1n) is 6.75. The van der Waals surface area contributed by atoms with Gasteiger partial charge in [0.1, 0.15) is 5.82 Å². The zero-order valence-electron chi connectivity index (χ0n) is 11.9. The third-order valence-electron chi connectivity index (χ3n) is 3.07. The number of imidazole rings is 1. The van der Waals surface area contributed by atoms with Crippen LogP contribution >= 0.6 is 12.2 Å². The van der Waals surface area contributed by atoms with Gasteiger partial charge in [0, 0.05) is 18.2 Å². The third kappa shape index (κ3) is 3.12. The molecule has 0 aliphatic heterocycles. The number of carbonyl (C=O) groups is 1. The van der Waals surface area contributed by atoms with Crippen LogP contribution in [-0.2, 0) is 4.79 Å². The van der Waals surface area contributed by atoms with Crippen molar-refractivity contribution in [3.8, 4) is 11.4 Å². The van der Waals surface area contributed by atoms with E-state index in [4.69, 9.17) is 12.2 Å². The van der Waals surface area contributed by atoms with E-state index < -0.39 is 0 Å². The Bertz CT molecular complexity index is 823. The number of H-pyrrole nitrogens is 1. The number of amides is 1. The van der Waals surface area contributed by atoms with Gasteiger partial charge < -0.3 is 15.6 Å². The molecule has 0 saturated heterocycles. The Morgan fingerprint density at radius 2 is 2.00 bits per heavy atom. The highest BCUT2D eigenvalue weighted by Gasteiger charge is 2.06. The van der Waals surface area contributed by atoms with Crippen LogP contribution in [0.3, 0.4) is 0 Å². The number of nitrogens with one attached hydrogen (secondary N) is 3. The van der Waals surface area contributed by atoms with Gasteiger partial charge in [0.15, 0.2) is 5.11 Å². The summed E-state index contributed by atoms with van der Waals surface area (Å²) in [5.41, 5.74) is 3.64. The molecule has 5 nitrogen and oxygen atoms in total. The van der Waals surface area contributed by atoms with Gasteiger partial charge in [0.2, 0.25) is 5.91 Å². The number of carbonyl (C=O) groups excluding carboxylic acids is 1. The lowest BCUT2D eigenvalue weighted by Crippen LogP contribution is -2.32. The van der Waals surface area contributed by atoms with E-state index in [0.717, 1.165) is 28.1 Å². The van der Waals surface area contributed by atoms with Crippen molar-refractivity contribution < 1.29 is 4.79 Å². The molecule has 2 aromatic carbocycles. The molecule has 0 atom stereocenters. The largest absolute Gasteiger partial charge is 0.338 e. The van der Waals surface area contributed by atoms with E-state index in [0.29, 0.717) is 0 Å². The molecule has 0 spiro atoms. The Hall–Kier alpha value is -2.73. The zero-order valence-corrected chi connectivity index (χ0v) is 12.7. The second-order valence-corrected chi connectivity index (χ2v) is 5.23. The fraction of sp³-hybridized carbons (Fsp3) is 0.0625. The van der Waals surface area contributed by atoms with Crippen molar-refractivity contribution in [2.24, 2.45) is 0 Å². The predicted molar refractivity (Wildman–Crippen MR) is 91.6 cm³/mol. The van der Waals surface area contributed by atoms with Crippen LogP contribution in [-0.4, -0.2) is 21.0 Å². The minimum atomic E-state index is -0.203. The fourth-order valence-electron chi connectivity index (χ4n) is 2.16. The number of aromatic nitrogens is 2. The standard InChI is InChI=1S/C16H14N4OS/c1-10(21)17-16(22)18-12-6-4-5-11(9-12)15-19-13-7-2-3-8-14(13)20-15/h2-9H,1H3,(H,19,20)(H2,17,18,21,22). The van der Waals surface area contributed by atoms with Crippen molar-refractivity contribution >= 4 is 40.0 Å². The second kappa shape index (κ2) is 5.95. The second-order valence-electron chi connectivity index (χ2n) is 4.82. The highest BCUT2D eigenvalue weighted by molar-refractivity contribution is 7.80. The Morgan fingerprint density at radius 1 is 1.18 bits per heavy atom. The van der Waals surface area contributed by atoms with Crippen LogP contribution in [0.25, 0.3) is 22.4 Å². The van der Waals surface area contributed by atoms with E-state index in [-0.39, 0.29) is 11.0 Å². The van der Waals surface area contributed by atoms with E-state index in [1.165, 1.54) is 6.92 Å². The number of para-hydroxylation sites is 2. The molecule has 0 aliphatic carbocycles. The van der Waals surface area contributed by atoms with Crippen LogP contribution in [0.5, 0.6) is 0 Å². The van der Waals surface area contributed by atoms with Crippen molar-refractivity contribution in [3.63, 3.8) is 0 Å². The van der Waals surface area contributed by atoms with Gasteiger partial charge in [0.05, 0.1) is 11.0 Å². The normalized spacial score (nSPS) is 10.4. The smallest absolute Gasteiger partial charge is 0.222 e. The SMILES string of the molecule is CC(=O)NC(=S)Nc1cccc(-c2nc3ccccc3[nH]2)c1. The molecule has 1 heterocycles. The number of benzene rings is 2. The van der Waals surface area contributed by atoms with Crippen LogP contribution < -0.4 is 10.6 Å². The van der Waals surface area contributed by atoms with Gasteiger partial charge >= 0.3 is 0 Å². The predicted octanol–water partition coefficient (Wildman–Crippen LogP) is 3.06. The van der Waals surface area contributed by atoms with Gasteiger partial charge in [-0.1, -0.05) is 24.3 Å². The lowest BCUT2D eigenvalue weighted by molar-refractivity contribution is -0.117. The number of rotatable bonds is 2. The maximum absolute atomic E-state index is 11.0. The average Bonchev–Trinajstić information content (AvgIpc) is 2.90. The number of hydrogen-bond acceptors (Lipinski definition) is 3. The van der Waals surface area contributed by atoms with E-state index in [9.17, 15) is 4.79 Å². The first-order chi connectivity index (χ1) is 10.6. The molecular formula is C16H14N4OS. The fourth-order valence-corrected chi connectivity index (χ4v) is 2.42. The van der Waals surface area contributed by atoms with Crippen molar-refractivity contribution in [2.45, 2.75) is 6.92 Å². The third-order valence-corrected chi connectivity index (χ3v) is 3.28. The van der Waals surface area contributed by atoms with Crippen LogP contribution in [0.2, 0.25) is 0 Å². The van der Waals surface area contributed by atoms with E-state index in [1.807, 2.05) is 48.5 Å². The first kappa shape index (κ1) is 14.2. The van der Waals surface area contributed by atoms with E-state index >= 15 is 0 Å². The summed E-state index contributed by atoms with van der Waals surface area (Å²) in [6.45, 7) is 1.42. The minimum absolute atomic E-state index is 0.203. The summed E-state index contributed by atoms with van der Waals surface area (Å²) in [6, 6.07) is 15.5. The van der Waals surface area contributed by atoms with Gasteiger partial charge in [-0.25, -0.2) is 4.98 Å². The van der Waals surface area contributed by atoms with Gasteiger partial charge in [-0.05, 0) is 36.5 Å². The summed E-state index contributed by atoms with van der Waals surface area (Å²) in [7, 11) is 0. The summed E-state index contributed by atoms with van der Waals surface area (Å²) in [5, 5.41) is 5.78. The van der Waals surface area contributed by atoms with Crippen LogP contribution in [0, 0.1) is 0 Å². The molecule has 0 aliphatic rings. The summed E-state index contributed by atoms with van der Waals surface area (Å²) < 4.78 is 0. The quantitative estimate of drug-likeness (QED) is 0.636. The van der Waals surface area contributed by atoms with Gasteiger partial charge in [-0.2, -0.15) is 0 Å². The molecule has 3 aromatic rings. The average molecular weight is 310 g/mol. The van der Waals surface area contributed by atoms with E-state index in [2.05, 4.69) is 20.6 Å². The van der Waals surface area contributed by atoms with Gasteiger partial charge in [-0.15, -0.1) is 0 Å². The number of hydrogen-bond donors (Lipinski definition) is 3. The van der Waals surface area contributed by atoms with Crippen LogP contribution in [0.4, 0.5) is 5.69 Å². The number of thiocarbonyl (C=S) groups is 1. The lowest BCUT2D eigenvalue weighted by Gasteiger charge is -2.08. The number of aromatic amines is 1. The maximum atomic E-state index is 11.0. The molecule has 3 N–H and O–H groups in total. The Morgan fingerprint density at radius 3 is 2.77 bits per heavy atom. The molecule has 0 fully saturated rings. The Labute approximate surface area is 132 Å². The van der Waals surface area contributed by atoms with Gasteiger partial charge in [-0.3, -0.25) is 4.79 Å². The molecule has 3 rings (SSSR count). The lowest BCUT2D eigenvalue weighted by atomic mass is 10.2. The molecule has 0 radical (unpaired) electrons. The number of anilines is 1. The highest BCUT2D eigenvalue weighted by Crippen LogP contribution is 2.22. The monoisotopic (exact) mass is 310 g/mol. The Balaban J connectivity index is 1.87. The molecule has 22 heavy (non-hydrogen) atoms. The maximum Gasteiger partial charge on any atom is 0.222 e. The molecular weight excluding hydrogens is 296 g/mol. The van der Waals surface area contributed by atoms with E-state index in [1.54, 1.807) is 0 Å². The summed E-state index contributed by atoms with van der Waals surface area (Å²) >= 11 is 5.06. The minimum Gasteiger partial charge on any atom is -0.338 e. The first-order valence-corrected chi connectivity index (χ1v) is 7.16. The number of fused-ring (bicyclic) bond motifs is 1. The number of nitrogens with zero attached hydrogens (tertiary/aromatic N) is 1. The Kier molecular flexibility index (Phi) is 3.84. The van der Waals surface area contributed by atoms with Gasteiger partial charge in [0.25, 0.3) is 0 Å². The van der Waals surface area contributed by atoms with Crippen LogP contribution in [0.15, 0.2) is 48.5 Å². The molecule has 0 bridgehead atoms. The van der Waals surface area contributed by atoms with Crippen molar-refractivity contribution in [2.75, 3.05) is 5.32 Å². The zero-order chi connectivity index (χ0) is 15.5. The summed E-state index contributed by atoms with van der Waals surface area (Å²) in [6.07, 6.45) is 0. The molecule has 0 unspecified atom stereocenters.